The summed E-state index contributed by atoms with van der Waals surface area (Å²) in [6.45, 7) is 2.06. The number of anilines is 1. The number of hydrogen-bond acceptors (Lipinski definition) is 5. The van der Waals surface area contributed by atoms with E-state index in [1.165, 1.54) is 19.3 Å². The van der Waals surface area contributed by atoms with Crippen molar-refractivity contribution in [1.82, 2.24) is 25.6 Å². The van der Waals surface area contributed by atoms with Gasteiger partial charge in [-0.25, -0.2) is 0 Å². The van der Waals surface area contributed by atoms with Crippen molar-refractivity contribution in [3.05, 3.63) is 42.2 Å². The van der Waals surface area contributed by atoms with Gasteiger partial charge in [0.25, 0.3) is 5.91 Å². The average Bonchev–Trinajstić information content (AvgIpc) is 3.17. The zero-order chi connectivity index (χ0) is 18.9. The molecule has 1 aromatic heterocycles. The highest BCUT2D eigenvalue weighted by atomic mass is 16.2. The van der Waals surface area contributed by atoms with Gasteiger partial charge in [-0.15, -0.1) is 5.10 Å². The first kappa shape index (κ1) is 19.0. The van der Waals surface area contributed by atoms with Crippen molar-refractivity contribution >= 4 is 17.5 Å². The summed E-state index contributed by atoms with van der Waals surface area (Å²) < 4.78 is 1.70. The van der Waals surface area contributed by atoms with Crippen LogP contribution in [0.4, 0.5) is 5.69 Å². The van der Waals surface area contributed by atoms with E-state index in [2.05, 4.69) is 26.3 Å². The lowest BCUT2D eigenvalue weighted by Gasteiger charge is -2.23. The van der Waals surface area contributed by atoms with Gasteiger partial charge in [0.1, 0.15) is 0 Å². The summed E-state index contributed by atoms with van der Waals surface area (Å²) >= 11 is 0. The van der Waals surface area contributed by atoms with Gasteiger partial charge in [-0.05, 0) is 37.9 Å². The van der Waals surface area contributed by atoms with Gasteiger partial charge in [0.05, 0.1) is 6.20 Å². The second kappa shape index (κ2) is 9.82. The fourth-order valence-electron chi connectivity index (χ4n) is 3.10. The maximum Gasteiger partial charge on any atom is 0.273 e. The van der Waals surface area contributed by atoms with Gasteiger partial charge in [-0.1, -0.05) is 29.8 Å². The summed E-state index contributed by atoms with van der Waals surface area (Å²) in [4.78, 5) is 24.0. The molecule has 1 aliphatic heterocycles. The highest BCUT2D eigenvalue weighted by Crippen LogP contribution is 2.11. The molecule has 2 amide bonds. The third-order valence-corrected chi connectivity index (χ3v) is 4.59. The molecule has 0 spiro atoms. The van der Waals surface area contributed by atoms with E-state index in [1.807, 2.05) is 30.3 Å². The second-order valence-electron chi connectivity index (χ2n) is 6.72. The van der Waals surface area contributed by atoms with Gasteiger partial charge in [0.15, 0.2) is 5.69 Å². The summed E-state index contributed by atoms with van der Waals surface area (Å²) in [6.07, 6.45) is 6.52. The number of rotatable bonds is 8. The molecule has 0 aliphatic carbocycles. The molecule has 3 N–H and O–H groups in total. The molecule has 8 heteroatoms. The first-order chi connectivity index (χ1) is 13.2. The predicted molar refractivity (Wildman–Crippen MR) is 102 cm³/mol. The molecule has 2 heterocycles. The molecule has 27 heavy (non-hydrogen) atoms. The van der Waals surface area contributed by atoms with Crippen LogP contribution in [0.3, 0.4) is 0 Å². The predicted octanol–water partition coefficient (Wildman–Crippen LogP) is 1.57. The average molecular weight is 370 g/mol. The second-order valence-corrected chi connectivity index (χ2v) is 6.72. The summed E-state index contributed by atoms with van der Waals surface area (Å²) in [5.74, 6) is -0.463. The molecule has 0 saturated carbocycles. The Balaban J connectivity index is 1.36. The van der Waals surface area contributed by atoms with Crippen LogP contribution in [0.2, 0.25) is 0 Å². The van der Waals surface area contributed by atoms with Crippen molar-refractivity contribution in [1.29, 1.82) is 0 Å². The number of nitrogens with zero attached hydrogens (tertiary/aromatic N) is 3. The Morgan fingerprint density at radius 2 is 2.07 bits per heavy atom. The van der Waals surface area contributed by atoms with Crippen LogP contribution >= 0.6 is 0 Å². The Labute approximate surface area is 158 Å². The van der Waals surface area contributed by atoms with Crippen molar-refractivity contribution in [3.63, 3.8) is 0 Å². The number of aryl methyl sites for hydroxylation is 1. The van der Waals surface area contributed by atoms with Gasteiger partial charge in [0, 0.05) is 31.2 Å². The molecule has 2 aromatic rings. The Morgan fingerprint density at radius 1 is 1.22 bits per heavy atom. The van der Waals surface area contributed by atoms with Crippen LogP contribution in [0, 0.1) is 0 Å². The number of nitrogens with one attached hydrogen (secondary N) is 3. The highest BCUT2D eigenvalue weighted by molar-refractivity contribution is 5.93. The van der Waals surface area contributed by atoms with Crippen molar-refractivity contribution in [2.45, 2.75) is 44.7 Å². The van der Waals surface area contributed by atoms with Crippen LogP contribution < -0.4 is 16.0 Å². The Kier molecular flexibility index (Phi) is 6.92. The van der Waals surface area contributed by atoms with Crippen LogP contribution in [0.5, 0.6) is 0 Å². The monoisotopic (exact) mass is 370 g/mol. The molecule has 8 nitrogen and oxygen atoms in total. The minimum Gasteiger partial charge on any atom is -0.350 e. The van der Waals surface area contributed by atoms with Crippen LogP contribution in [0.1, 0.15) is 42.6 Å². The molecule has 0 bridgehead atoms. The maximum absolute atomic E-state index is 12.1. The minimum atomic E-state index is -0.315. The Morgan fingerprint density at radius 3 is 2.85 bits per heavy atom. The van der Waals surface area contributed by atoms with Gasteiger partial charge in [-0.3, -0.25) is 14.3 Å². The van der Waals surface area contributed by atoms with Crippen molar-refractivity contribution in [2.75, 3.05) is 18.4 Å². The minimum absolute atomic E-state index is 0.148. The third kappa shape index (κ3) is 6.18. The molecule has 144 valence electrons. The smallest absolute Gasteiger partial charge is 0.273 e. The topological polar surface area (TPSA) is 101 Å². The summed E-state index contributed by atoms with van der Waals surface area (Å²) in [5.41, 5.74) is 1.01. The number of benzene rings is 1. The van der Waals surface area contributed by atoms with Gasteiger partial charge >= 0.3 is 0 Å². The highest BCUT2D eigenvalue weighted by Gasteiger charge is 2.14. The lowest BCUT2D eigenvalue weighted by Crippen LogP contribution is -2.34. The van der Waals surface area contributed by atoms with E-state index >= 15 is 0 Å². The van der Waals surface area contributed by atoms with Gasteiger partial charge in [-0.2, -0.15) is 0 Å². The van der Waals surface area contributed by atoms with Crippen LogP contribution in [-0.2, 0) is 11.3 Å². The van der Waals surface area contributed by atoms with E-state index in [0.717, 1.165) is 25.2 Å². The quantitative estimate of drug-likeness (QED) is 0.655. The Bertz CT molecular complexity index is 740. The molecule has 1 aromatic carbocycles. The molecule has 1 aliphatic rings. The molecule has 0 radical (unpaired) electrons. The number of hydrogen-bond donors (Lipinski definition) is 3. The Hall–Kier alpha value is -2.74. The van der Waals surface area contributed by atoms with E-state index < -0.39 is 0 Å². The first-order valence-corrected chi connectivity index (χ1v) is 9.47. The SMILES string of the molecule is O=C(CCNC(=O)c1cn(CC[C@@H]2CCCCN2)nn1)Nc1ccccc1. The normalized spacial score (nSPS) is 16.7. The van der Waals surface area contributed by atoms with Crippen LogP contribution in [0.25, 0.3) is 0 Å². The summed E-state index contributed by atoms with van der Waals surface area (Å²) in [7, 11) is 0. The molecule has 1 saturated heterocycles. The molecule has 1 fully saturated rings. The van der Waals surface area contributed by atoms with Crippen LogP contribution in [-0.4, -0.2) is 45.9 Å². The lowest BCUT2D eigenvalue weighted by molar-refractivity contribution is -0.116. The standard InChI is InChI=1S/C19H26N6O2/c26-18(22-16-7-2-1-3-8-16)9-12-21-19(27)17-14-25(24-23-17)13-10-15-6-4-5-11-20-15/h1-3,7-8,14-15,20H,4-6,9-13H2,(H,21,27)(H,22,26)/t15-/m0/s1. The van der Waals surface area contributed by atoms with E-state index in [9.17, 15) is 9.59 Å². The molecule has 1 atom stereocenters. The number of carbonyl (C=O) groups excluding carboxylic acids is 2. The number of para-hydroxylation sites is 1. The third-order valence-electron chi connectivity index (χ3n) is 4.59. The lowest BCUT2D eigenvalue weighted by atomic mass is 10.0. The number of carbonyl (C=O) groups is 2. The fraction of sp³-hybridized carbons (Fsp3) is 0.474. The largest absolute Gasteiger partial charge is 0.350 e. The van der Waals surface area contributed by atoms with E-state index in [-0.39, 0.29) is 30.5 Å². The van der Waals surface area contributed by atoms with Crippen molar-refractivity contribution in [3.8, 4) is 0 Å². The van der Waals surface area contributed by atoms with Crippen molar-refractivity contribution < 1.29 is 9.59 Å². The van der Waals surface area contributed by atoms with E-state index in [4.69, 9.17) is 0 Å². The molecular formula is C19H26N6O2. The number of amides is 2. The zero-order valence-corrected chi connectivity index (χ0v) is 15.4. The summed E-state index contributed by atoms with van der Waals surface area (Å²) in [6, 6.07) is 9.74. The van der Waals surface area contributed by atoms with E-state index in [1.54, 1.807) is 10.9 Å². The first-order valence-electron chi connectivity index (χ1n) is 9.47. The number of aromatic nitrogens is 3. The molecule has 0 unspecified atom stereocenters. The fourth-order valence-corrected chi connectivity index (χ4v) is 3.10. The molecule has 3 rings (SSSR count). The summed E-state index contributed by atoms with van der Waals surface area (Å²) in [5, 5.41) is 16.9. The number of piperidine rings is 1. The van der Waals surface area contributed by atoms with Crippen molar-refractivity contribution in [2.24, 2.45) is 0 Å². The van der Waals surface area contributed by atoms with Gasteiger partial charge < -0.3 is 16.0 Å². The zero-order valence-electron chi connectivity index (χ0n) is 15.4. The van der Waals surface area contributed by atoms with E-state index in [0.29, 0.717) is 6.04 Å². The molecular weight excluding hydrogens is 344 g/mol. The van der Waals surface area contributed by atoms with Gasteiger partial charge in [0.2, 0.25) is 5.91 Å². The van der Waals surface area contributed by atoms with Crippen LogP contribution in [0.15, 0.2) is 36.5 Å². The maximum atomic E-state index is 12.1.